The van der Waals surface area contributed by atoms with Gasteiger partial charge in [0.15, 0.2) is 5.11 Å². The Hall–Kier alpha value is -3.62. The summed E-state index contributed by atoms with van der Waals surface area (Å²) in [7, 11) is 0. The van der Waals surface area contributed by atoms with Gasteiger partial charge in [-0.3, -0.25) is 0 Å². The van der Waals surface area contributed by atoms with Gasteiger partial charge < -0.3 is 24.7 Å². The number of halogens is 1. The number of anilines is 2. The van der Waals surface area contributed by atoms with E-state index in [9.17, 15) is 0 Å². The van der Waals surface area contributed by atoms with Gasteiger partial charge in [0.1, 0.15) is 23.1 Å². The summed E-state index contributed by atoms with van der Waals surface area (Å²) in [5.41, 5.74) is 0.959. The number of aromatic nitrogens is 2. The highest BCUT2D eigenvalue weighted by atomic mass is 35.5. The lowest BCUT2D eigenvalue weighted by molar-refractivity contribution is 0.461. The molecule has 0 aliphatic carbocycles. The first-order chi connectivity index (χ1) is 17.6. The fourth-order valence-electron chi connectivity index (χ4n) is 3.97. The van der Waals surface area contributed by atoms with Gasteiger partial charge in [-0.05, 0) is 80.0 Å². The zero-order valence-corrected chi connectivity index (χ0v) is 21.2. The van der Waals surface area contributed by atoms with E-state index in [1.165, 1.54) is 6.42 Å². The lowest BCUT2D eigenvalue weighted by Crippen LogP contribution is -2.31. The van der Waals surface area contributed by atoms with Gasteiger partial charge in [0.05, 0.1) is 6.54 Å². The Morgan fingerprint density at radius 1 is 0.972 bits per heavy atom. The first-order valence-electron chi connectivity index (χ1n) is 11.9. The largest absolute Gasteiger partial charge is 0.459 e. The van der Waals surface area contributed by atoms with E-state index in [1.807, 2.05) is 72.8 Å². The molecular weight excluding hydrogens is 494 g/mol. The normalized spacial score (nSPS) is 13.3. The number of nitrogens with zero attached hydrogens (tertiary/aromatic N) is 3. The van der Waals surface area contributed by atoms with Crippen molar-refractivity contribution in [2.24, 2.45) is 0 Å². The third kappa shape index (κ3) is 6.33. The minimum Gasteiger partial charge on any atom is -0.459 e. The Balaban J connectivity index is 1.26. The summed E-state index contributed by atoms with van der Waals surface area (Å²) >= 11 is 11.5. The van der Waals surface area contributed by atoms with E-state index in [2.05, 4.69) is 20.5 Å². The topological polar surface area (TPSA) is 75.5 Å². The fraction of sp³-hybridized carbons (Fsp3) is 0.222. The number of hydrogen-bond donors (Lipinski definition) is 2. The van der Waals surface area contributed by atoms with Gasteiger partial charge in [-0.2, -0.15) is 9.97 Å². The molecule has 2 aromatic carbocycles. The van der Waals surface area contributed by atoms with E-state index in [4.69, 9.17) is 38.0 Å². The predicted octanol–water partition coefficient (Wildman–Crippen LogP) is 6.66. The van der Waals surface area contributed by atoms with Crippen molar-refractivity contribution in [1.29, 1.82) is 0 Å². The molecule has 1 aliphatic heterocycles. The van der Waals surface area contributed by atoms with Gasteiger partial charge in [0, 0.05) is 29.7 Å². The van der Waals surface area contributed by atoms with Crippen LogP contribution >= 0.6 is 23.8 Å². The molecule has 7 nitrogen and oxygen atoms in total. The van der Waals surface area contributed by atoms with Gasteiger partial charge in [-0.25, -0.2) is 0 Å². The van der Waals surface area contributed by atoms with E-state index >= 15 is 0 Å². The second-order valence-electron chi connectivity index (χ2n) is 8.43. The quantitative estimate of drug-likeness (QED) is 0.262. The number of benzene rings is 2. The molecule has 2 aromatic heterocycles. The van der Waals surface area contributed by atoms with Crippen molar-refractivity contribution < 1.29 is 9.15 Å². The molecule has 0 radical (unpaired) electrons. The maximum absolute atomic E-state index is 6.01. The van der Waals surface area contributed by atoms with Gasteiger partial charge >= 0.3 is 0 Å². The number of hydrogen-bond acceptors (Lipinski definition) is 6. The van der Waals surface area contributed by atoms with Crippen molar-refractivity contribution in [1.82, 2.24) is 15.3 Å². The number of ether oxygens (including phenoxy) is 1. The van der Waals surface area contributed by atoms with Gasteiger partial charge in [-0.1, -0.05) is 29.8 Å². The number of rotatable bonds is 7. The van der Waals surface area contributed by atoms with Crippen molar-refractivity contribution in [3.63, 3.8) is 0 Å². The number of para-hydroxylation sites is 1. The molecule has 0 spiro atoms. The highest BCUT2D eigenvalue weighted by Crippen LogP contribution is 2.27. The molecule has 36 heavy (non-hydrogen) atoms. The molecular formula is C27H26ClN5O2S. The second-order valence-corrected chi connectivity index (χ2v) is 9.28. The molecule has 0 bridgehead atoms. The molecule has 5 rings (SSSR count). The summed E-state index contributed by atoms with van der Waals surface area (Å²) in [4.78, 5) is 11.5. The number of furan rings is 1. The predicted molar refractivity (Wildman–Crippen MR) is 147 cm³/mol. The van der Waals surface area contributed by atoms with Crippen LogP contribution < -0.4 is 20.3 Å². The van der Waals surface area contributed by atoms with Gasteiger partial charge in [-0.15, -0.1) is 0 Å². The third-order valence-electron chi connectivity index (χ3n) is 5.77. The summed E-state index contributed by atoms with van der Waals surface area (Å²) in [6.45, 7) is 2.33. The van der Waals surface area contributed by atoms with Crippen molar-refractivity contribution in [3.05, 3.63) is 83.6 Å². The van der Waals surface area contributed by atoms with Gasteiger partial charge in [0.2, 0.25) is 11.8 Å². The number of nitrogens with one attached hydrogen (secondary N) is 2. The van der Waals surface area contributed by atoms with Crippen LogP contribution in [0, 0.1) is 0 Å². The Labute approximate surface area is 220 Å². The SMILES string of the molecule is S=C(NCc1ccc(-c2ccc(Cl)cc2)o1)Nc1nc(Oc2ccccc2)cc(N2CCCCC2)n1. The van der Waals surface area contributed by atoms with Crippen LogP contribution in [0.1, 0.15) is 25.0 Å². The zero-order chi connectivity index (χ0) is 24.7. The molecule has 9 heteroatoms. The Bertz CT molecular complexity index is 1310. The molecule has 0 amide bonds. The molecule has 0 saturated carbocycles. The molecule has 3 heterocycles. The van der Waals surface area contributed by atoms with Crippen LogP contribution in [0.25, 0.3) is 11.3 Å². The van der Waals surface area contributed by atoms with E-state index in [1.54, 1.807) is 0 Å². The van der Waals surface area contributed by atoms with E-state index in [0.29, 0.717) is 34.3 Å². The fourth-order valence-corrected chi connectivity index (χ4v) is 4.26. The Morgan fingerprint density at radius 2 is 1.75 bits per heavy atom. The number of piperidine rings is 1. The number of thiocarbonyl (C=S) groups is 1. The van der Waals surface area contributed by atoms with Crippen molar-refractivity contribution >= 4 is 40.7 Å². The van der Waals surface area contributed by atoms with Crippen LogP contribution in [0.4, 0.5) is 11.8 Å². The smallest absolute Gasteiger partial charge is 0.234 e. The van der Waals surface area contributed by atoms with Crippen LogP contribution in [0.2, 0.25) is 5.02 Å². The summed E-state index contributed by atoms with van der Waals surface area (Å²) in [6.07, 6.45) is 3.52. The van der Waals surface area contributed by atoms with Crippen LogP contribution in [0.3, 0.4) is 0 Å². The zero-order valence-electron chi connectivity index (χ0n) is 19.6. The first-order valence-corrected chi connectivity index (χ1v) is 12.7. The monoisotopic (exact) mass is 519 g/mol. The van der Waals surface area contributed by atoms with E-state index in [0.717, 1.165) is 48.8 Å². The minimum atomic E-state index is 0.378. The third-order valence-corrected chi connectivity index (χ3v) is 6.27. The molecule has 1 saturated heterocycles. The van der Waals surface area contributed by atoms with Crippen molar-refractivity contribution in [2.75, 3.05) is 23.3 Å². The standard InChI is InChI=1S/C27H26ClN5O2S/c28-20-11-9-19(10-12-20)23-14-13-22(34-23)18-29-27(36)32-26-30-24(33-15-5-2-6-16-33)17-25(31-26)35-21-7-3-1-4-8-21/h1,3-4,7-14,17H,2,5-6,15-16,18H2,(H2,29,30,31,32,36). The molecule has 184 valence electrons. The maximum atomic E-state index is 6.01. The molecule has 2 N–H and O–H groups in total. The second kappa shape index (κ2) is 11.4. The van der Waals surface area contributed by atoms with E-state index in [-0.39, 0.29) is 0 Å². The summed E-state index contributed by atoms with van der Waals surface area (Å²) < 4.78 is 12.0. The molecule has 0 unspecified atom stereocenters. The Kier molecular flexibility index (Phi) is 7.64. The molecule has 1 fully saturated rings. The highest BCUT2D eigenvalue weighted by molar-refractivity contribution is 7.80. The van der Waals surface area contributed by atoms with E-state index < -0.39 is 0 Å². The summed E-state index contributed by atoms with van der Waals surface area (Å²) in [5, 5.41) is 7.34. The van der Waals surface area contributed by atoms with Crippen LogP contribution in [0.15, 0.2) is 77.2 Å². The summed E-state index contributed by atoms with van der Waals surface area (Å²) in [5.74, 6) is 3.88. The minimum absolute atomic E-state index is 0.378. The van der Waals surface area contributed by atoms with Crippen LogP contribution in [-0.2, 0) is 6.54 Å². The van der Waals surface area contributed by atoms with Gasteiger partial charge in [0.25, 0.3) is 0 Å². The van der Waals surface area contributed by atoms with Crippen LogP contribution in [0.5, 0.6) is 11.6 Å². The average molecular weight is 520 g/mol. The molecule has 1 aliphatic rings. The summed E-state index contributed by atoms with van der Waals surface area (Å²) in [6, 6.07) is 22.8. The lowest BCUT2D eigenvalue weighted by Gasteiger charge is -2.28. The van der Waals surface area contributed by atoms with Crippen molar-refractivity contribution in [2.45, 2.75) is 25.8 Å². The molecule has 4 aromatic rings. The lowest BCUT2D eigenvalue weighted by atomic mass is 10.1. The maximum Gasteiger partial charge on any atom is 0.234 e. The van der Waals surface area contributed by atoms with Crippen molar-refractivity contribution in [3.8, 4) is 23.0 Å². The highest BCUT2D eigenvalue weighted by Gasteiger charge is 2.16. The average Bonchev–Trinajstić information content (AvgIpc) is 3.38. The first kappa shape index (κ1) is 24.1. The Morgan fingerprint density at radius 3 is 2.53 bits per heavy atom. The molecule has 0 atom stereocenters. The van der Waals surface area contributed by atoms with Crippen LogP contribution in [-0.4, -0.2) is 28.2 Å².